The number of hydrogen-bond acceptors (Lipinski definition) is 1. The zero-order valence-corrected chi connectivity index (χ0v) is 13.1. The monoisotopic (exact) mass is 293 g/mol. The van der Waals surface area contributed by atoms with Gasteiger partial charge in [-0.25, -0.2) is 4.99 Å². The highest BCUT2D eigenvalue weighted by Crippen LogP contribution is 2.21. The largest absolute Gasteiger partial charge is 0.342 e. The number of nitrogens with zero attached hydrogens (tertiary/aromatic N) is 2. The lowest BCUT2D eigenvalue weighted by atomic mass is 10.1. The van der Waals surface area contributed by atoms with Crippen LogP contribution in [0, 0.1) is 0 Å². The lowest BCUT2D eigenvalue weighted by Gasteiger charge is -2.21. The van der Waals surface area contributed by atoms with Crippen LogP contribution in [-0.4, -0.2) is 23.9 Å². The van der Waals surface area contributed by atoms with Crippen molar-refractivity contribution in [2.45, 2.75) is 26.2 Å². The minimum absolute atomic E-state index is 0.963. The average molecular weight is 293 g/mol. The highest BCUT2D eigenvalue weighted by Gasteiger charge is 2.17. The molecule has 1 aliphatic heterocycles. The number of anilines is 1. The van der Waals surface area contributed by atoms with Gasteiger partial charge in [-0.1, -0.05) is 43.3 Å². The SMILES string of the molecule is CCc1ccccc1N=C(Nc1ccccc1)N1CCCC1. The van der Waals surface area contributed by atoms with Gasteiger partial charge in [0, 0.05) is 18.8 Å². The molecule has 1 fully saturated rings. The third-order valence-corrected chi connectivity index (χ3v) is 4.03. The molecule has 0 amide bonds. The first-order valence-electron chi connectivity index (χ1n) is 8.10. The molecule has 1 heterocycles. The standard InChI is InChI=1S/C19H23N3/c1-2-16-10-6-7-13-18(16)21-19(22-14-8-9-15-22)20-17-11-4-3-5-12-17/h3-7,10-13H,2,8-9,14-15H2,1H3,(H,20,21). The van der Waals surface area contributed by atoms with Crippen molar-refractivity contribution in [2.24, 2.45) is 4.99 Å². The fourth-order valence-corrected chi connectivity index (χ4v) is 2.79. The van der Waals surface area contributed by atoms with Gasteiger partial charge < -0.3 is 10.2 Å². The van der Waals surface area contributed by atoms with Gasteiger partial charge in [-0.15, -0.1) is 0 Å². The molecule has 0 aromatic heterocycles. The third kappa shape index (κ3) is 3.48. The number of para-hydroxylation sites is 2. The number of hydrogen-bond donors (Lipinski definition) is 1. The van der Waals surface area contributed by atoms with Crippen molar-refractivity contribution in [1.82, 2.24) is 4.90 Å². The zero-order chi connectivity index (χ0) is 15.2. The van der Waals surface area contributed by atoms with Crippen LogP contribution < -0.4 is 5.32 Å². The van der Waals surface area contributed by atoms with Crippen LogP contribution in [0.25, 0.3) is 0 Å². The normalized spacial score (nSPS) is 15.1. The molecule has 1 N–H and O–H groups in total. The van der Waals surface area contributed by atoms with Crippen molar-refractivity contribution < 1.29 is 0 Å². The number of likely N-dealkylation sites (tertiary alicyclic amines) is 1. The van der Waals surface area contributed by atoms with Crippen molar-refractivity contribution in [3.63, 3.8) is 0 Å². The van der Waals surface area contributed by atoms with Gasteiger partial charge in [-0.2, -0.15) is 0 Å². The quantitative estimate of drug-likeness (QED) is 0.669. The van der Waals surface area contributed by atoms with E-state index in [2.05, 4.69) is 53.5 Å². The van der Waals surface area contributed by atoms with E-state index in [-0.39, 0.29) is 0 Å². The molecule has 3 rings (SSSR count). The Balaban J connectivity index is 1.92. The molecule has 0 unspecified atom stereocenters. The molecule has 22 heavy (non-hydrogen) atoms. The number of aliphatic imine (C=N–C) groups is 1. The second-order valence-corrected chi connectivity index (χ2v) is 5.60. The van der Waals surface area contributed by atoms with Crippen LogP contribution in [0.4, 0.5) is 11.4 Å². The third-order valence-electron chi connectivity index (χ3n) is 4.03. The van der Waals surface area contributed by atoms with Gasteiger partial charge in [0.25, 0.3) is 0 Å². The van der Waals surface area contributed by atoms with Gasteiger partial charge in [-0.3, -0.25) is 0 Å². The van der Waals surface area contributed by atoms with E-state index in [4.69, 9.17) is 4.99 Å². The van der Waals surface area contributed by atoms with Gasteiger partial charge in [0.1, 0.15) is 0 Å². The van der Waals surface area contributed by atoms with E-state index >= 15 is 0 Å². The van der Waals surface area contributed by atoms with Crippen molar-refractivity contribution in [1.29, 1.82) is 0 Å². The van der Waals surface area contributed by atoms with E-state index in [0.29, 0.717) is 0 Å². The van der Waals surface area contributed by atoms with Gasteiger partial charge >= 0.3 is 0 Å². The second kappa shape index (κ2) is 7.12. The predicted molar refractivity (Wildman–Crippen MR) is 93.8 cm³/mol. The highest BCUT2D eigenvalue weighted by molar-refractivity contribution is 5.95. The summed E-state index contributed by atoms with van der Waals surface area (Å²) in [5.41, 5.74) is 3.44. The minimum Gasteiger partial charge on any atom is -0.342 e. The van der Waals surface area contributed by atoms with Crippen LogP contribution in [0.15, 0.2) is 59.6 Å². The molecular weight excluding hydrogens is 270 g/mol. The maximum atomic E-state index is 4.94. The minimum atomic E-state index is 0.963. The van der Waals surface area contributed by atoms with E-state index in [9.17, 15) is 0 Å². The zero-order valence-electron chi connectivity index (χ0n) is 13.1. The maximum Gasteiger partial charge on any atom is 0.203 e. The maximum absolute atomic E-state index is 4.94. The Morgan fingerprint density at radius 1 is 1.00 bits per heavy atom. The fourth-order valence-electron chi connectivity index (χ4n) is 2.79. The summed E-state index contributed by atoms with van der Waals surface area (Å²) in [6, 6.07) is 18.7. The van der Waals surface area contributed by atoms with Crippen molar-refractivity contribution in [3.8, 4) is 0 Å². The van der Waals surface area contributed by atoms with Crippen LogP contribution in [0.3, 0.4) is 0 Å². The molecule has 3 heteroatoms. The fraction of sp³-hybridized carbons (Fsp3) is 0.316. The summed E-state index contributed by atoms with van der Waals surface area (Å²) in [4.78, 5) is 7.28. The smallest absolute Gasteiger partial charge is 0.203 e. The first-order valence-corrected chi connectivity index (χ1v) is 8.10. The Morgan fingerprint density at radius 3 is 2.41 bits per heavy atom. The van der Waals surface area contributed by atoms with Crippen molar-refractivity contribution >= 4 is 17.3 Å². The summed E-state index contributed by atoms with van der Waals surface area (Å²) in [6.45, 7) is 4.33. The number of rotatable bonds is 3. The highest BCUT2D eigenvalue weighted by atomic mass is 15.3. The lowest BCUT2D eigenvalue weighted by molar-refractivity contribution is 0.518. The molecule has 0 atom stereocenters. The van der Waals surface area contributed by atoms with E-state index in [0.717, 1.165) is 36.8 Å². The molecule has 114 valence electrons. The molecular formula is C19H23N3. The van der Waals surface area contributed by atoms with Crippen LogP contribution in [0.2, 0.25) is 0 Å². The first kappa shape index (κ1) is 14.6. The summed E-state index contributed by atoms with van der Waals surface area (Å²) in [7, 11) is 0. The predicted octanol–water partition coefficient (Wildman–Crippen LogP) is 4.44. The molecule has 0 saturated carbocycles. The molecule has 1 saturated heterocycles. The van der Waals surface area contributed by atoms with Crippen LogP contribution >= 0.6 is 0 Å². The summed E-state index contributed by atoms with van der Waals surface area (Å²) < 4.78 is 0. The second-order valence-electron chi connectivity index (χ2n) is 5.60. The van der Waals surface area contributed by atoms with Gasteiger partial charge in [0.15, 0.2) is 0 Å². The van der Waals surface area contributed by atoms with Crippen LogP contribution in [-0.2, 0) is 6.42 Å². The topological polar surface area (TPSA) is 27.6 Å². The number of aryl methyl sites for hydroxylation is 1. The van der Waals surface area contributed by atoms with E-state index in [1.165, 1.54) is 18.4 Å². The van der Waals surface area contributed by atoms with Crippen LogP contribution in [0.5, 0.6) is 0 Å². The molecule has 2 aromatic rings. The van der Waals surface area contributed by atoms with Crippen LogP contribution in [0.1, 0.15) is 25.3 Å². The summed E-state index contributed by atoms with van der Waals surface area (Å²) in [5, 5.41) is 3.50. The molecule has 0 aliphatic carbocycles. The molecule has 3 nitrogen and oxygen atoms in total. The number of benzene rings is 2. The molecule has 1 aliphatic rings. The van der Waals surface area contributed by atoms with Gasteiger partial charge in [0.2, 0.25) is 5.96 Å². The number of guanidine groups is 1. The summed E-state index contributed by atoms with van der Waals surface area (Å²) in [6.07, 6.45) is 3.48. The van der Waals surface area contributed by atoms with E-state index in [1.807, 2.05) is 18.2 Å². The van der Waals surface area contributed by atoms with Crippen molar-refractivity contribution in [3.05, 3.63) is 60.2 Å². The average Bonchev–Trinajstić information content (AvgIpc) is 3.10. The Bertz CT molecular complexity index is 628. The molecule has 0 bridgehead atoms. The Kier molecular flexibility index (Phi) is 4.74. The van der Waals surface area contributed by atoms with E-state index in [1.54, 1.807) is 0 Å². The van der Waals surface area contributed by atoms with E-state index < -0.39 is 0 Å². The Labute approximate surface area is 132 Å². The number of nitrogens with one attached hydrogen (secondary N) is 1. The molecule has 2 aromatic carbocycles. The molecule has 0 radical (unpaired) electrons. The Morgan fingerprint density at radius 2 is 1.68 bits per heavy atom. The van der Waals surface area contributed by atoms with Gasteiger partial charge in [0.05, 0.1) is 5.69 Å². The Hall–Kier alpha value is -2.29. The molecule has 0 spiro atoms. The summed E-state index contributed by atoms with van der Waals surface area (Å²) in [5.74, 6) is 0.963. The summed E-state index contributed by atoms with van der Waals surface area (Å²) >= 11 is 0. The lowest BCUT2D eigenvalue weighted by Crippen LogP contribution is -2.33. The van der Waals surface area contributed by atoms with Gasteiger partial charge in [-0.05, 0) is 43.0 Å². The van der Waals surface area contributed by atoms with Crippen molar-refractivity contribution in [2.75, 3.05) is 18.4 Å². The first-order chi connectivity index (χ1) is 10.9.